The third-order valence-corrected chi connectivity index (χ3v) is 6.30. The van der Waals surface area contributed by atoms with Crippen LogP contribution < -0.4 is 10.5 Å². The quantitative estimate of drug-likeness (QED) is 0.461. The molecule has 0 aliphatic carbocycles. The first kappa shape index (κ1) is 21.1. The topological polar surface area (TPSA) is 89.1 Å². The van der Waals surface area contributed by atoms with Crippen molar-refractivity contribution in [3.63, 3.8) is 0 Å². The van der Waals surface area contributed by atoms with E-state index in [4.69, 9.17) is 11.6 Å². The normalized spacial score (nSPS) is 14.1. The Morgan fingerprint density at radius 2 is 1.79 bits per heavy atom. The molecule has 4 aromatic rings. The Hall–Kier alpha value is -3.72. The minimum Gasteiger partial charge on any atom is -0.368 e. The molecule has 0 radical (unpaired) electrons. The van der Waals surface area contributed by atoms with Crippen molar-refractivity contribution < 1.29 is 4.79 Å². The van der Waals surface area contributed by atoms with E-state index in [2.05, 4.69) is 32.3 Å². The summed E-state index contributed by atoms with van der Waals surface area (Å²) in [6.07, 6.45) is 1.37. The molecule has 1 fully saturated rings. The van der Waals surface area contributed by atoms with E-state index in [9.17, 15) is 9.59 Å². The van der Waals surface area contributed by atoms with Gasteiger partial charge in [0, 0.05) is 36.9 Å². The van der Waals surface area contributed by atoms with Crippen LogP contribution in [0.15, 0.2) is 59.7 Å². The third kappa shape index (κ3) is 4.07. The Bertz CT molecular complexity index is 1370. The number of hydrogen-bond acceptors (Lipinski definition) is 6. The fourth-order valence-corrected chi connectivity index (χ4v) is 4.12. The number of carbonyl (C=O) groups is 1. The van der Waals surface area contributed by atoms with Crippen molar-refractivity contribution in [3.8, 4) is 5.69 Å². The molecule has 1 aliphatic rings. The number of aryl methyl sites for hydroxylation is 1. The minimum atomic E-state index is -0.402. The number of halogens is 1. The summed E-state index contributed by atoms with van der Waals surface area (Å²) in [7, 11) is 0. The van der Waals surface area contributed by atoms with Crippen molar-refractivity contribution in [1.82, 2.24) is 29.4 Å². The molecule has 1 amide bonds. The number of rotatable bonds is 4. The van der Waals surface area contributed by atoms with Gasteiger partial charge in [-0.25, -0.2) is 4.98 Å². The highest BCUT2D eigenvalue weighted by molar-refractivity contribution is 6.31. The molecular formula is C23H22ClN7O2. The lowest BCUT2D eigenvalue weighted by Crippen LogP contribution is -2.50. The molecule has 10 heteroatoms. The van der Waals surface area contributed by atoms with Crippen LogP contribution in [0.2, 0.25) is 5.02 Å². The molecule has 2 aromatic carbocycles. The summed E-state index contributed by atoms with van der Waals surface area (Å²) in [5, 5.41) is 8.67. The number of nitrogens with zero attached hydrogens (tertiary/aromatic N) is 7. The number of benzene rings is 2. The smallest absolute Gasteiger partial charge is 0.284 e. The van der Waals surface area contributed by atoms with Crippen molar-refractivity contribution in [2.45, 2.75) is 13.5 Å². The highest BCUT2D eigenvalue weighted by Gasteiger charge is 2.22. The monoisotopic (exact) mass is 463 g/mol. The standard InChI is InChI=1S/C23H22ClN7O2/c1-16-7-8-18(13-19(16)24)31-22-21(26-27-31)23(33)30(15-25-22)14-20(32)29-11-9-28(10-12-29)17-5-3-2-4-6-17/h2-8,13,15H,9-12,14H2,1H3. The van der Waals surface area contributed by atoms with Gasteiger partial charge in [-0.3, -0.25) is 14.2 Å². The SMILES string of the molecule is Cc1ccc(-n2nnc3c(=O)n(CC(=O)N4CCN(c5ccccc5)CC4)cnc32)cc1Cl. The van der Waals surface area contributed by atoms with Gasteiger partial charge in [-0.15, -0.1) is 5.10 Å². The van der Waals surface area contributed by atoms with Gasteiger partial charge in [-0.2, -0.15) is 4.68 Å². The van der Waals surface area contributed by atoms with Gasteiger partial charge in [0.05, 0.1) is 5.69 Å². The number of hydrogen-bond donors (Lipinski definition) is 0. The van der Waals surface area contributed by atoms with Gasteiger partial charge < -0.3 is 9.80 Å². The van der Waals surface area contributed by atoms with Crippen LogP contribution >= 0.6 is 11.6 Å². The number of para-hydroxylation sites is 1. The molecule has 0 saturated carbocycles. The van der Waals surface area contributed by atoms with Crippen LogP contribution in [-0.2, 0) is 11.3 Å². The molecule has 0 atom stereocenters. The van der Waals surface area contributed by atoms with Crippen LogP contribution in [0.4, 0.5) is 5.69 Å². The summed E-state index contributed by atoms with van der Waals surface area (Å²) in [5.41, 5.74) is 2.76. The fraction of sp³-hybridized carbons (Fsp3) is 0.261. The molecule has 3 heterocycles. The van der Waals surface area contributed by atoms with Gasteiger partial charge in [0.2, 0.25) is 5.91 Å². The lowest BCUT2D eigenvalue weighted by Gasteiger charge is -2.36. The average molecular weight is 464 g/mol. The Morgan fingerprint density at radius 3 is 2.52 bits per heavy atom. The Kier molecular flexibility index (Phi) is 5.55. The van der Waals surface area contributed by atoms with E-state index < -0.39 is 5.56 Å². The van der Waals surface area contributed by atoms with E-state index in [-0.39, 0.29) is 18.0 Å². The van der Waals surface area contributed by atoms with E-state index in [1.165, 1.54) is 15.6 Å². The van der Waals surface area contributed by atoms with Crippen molar-refractivity contribution in [2.24, 2.45) is 0 Å². The first-order valence-corrected chi connectivity index (χ1v) is 11.0. The molecule has 1 saturated heterocycles. The maximum absolute atomic E-state index is 13.0. The van der Waals surface area contributed by atoms with Gasteiger partial charge >= 0.3 is 0 Å². The minimum absolute atomic E-state index is 0.0870. The van der Waals surface area contributed by atoms with Crippen molar-refractivity contribution >= 4 is 34.4 Å². The zero-order valence-corrected chi connectivity index (χ0v) is 18.8. The average Bonchev–Trinajstić information content (AvgIpc) is 3.28. The second-order valence-corrected chi connectivity index (χ2v) is 8.40. The number of aromatic nitrogens is 5. The molecule has 5 rings (SSSR count). The molecule has 33 heavy (non-hydrogen) atoms. The summed E-state index contributed by atoms with van der Waals surface area (Å²) < 4.78 is 2.76. The zero-order valence-electron chi connectivity index (χ0n) is 18.1. The predicted molar refractivity (Wildman–Crippen MR) is 126 cm³/mol. The van der Waals surface area contributed by atoms with Gasteiger partial charge in [0.15, 0.2) is 11.2 Å². The number of amides is 1. The van der Waals surface area contributed by atoms with Crippen LogP contribution in [0.3, 0.4) is 0 Å². The lowest BCUT2D eigenvalue weighted by molar-refractivity contribution is -0.132. The predicted octanol–water partition coefficient (Wildman–Crippen LogP) is 2.29. The van der Waals surface area contributed by atoms with E-state index in [0.29, 0.717) is 29.4 Å². The Morgan fingerprint density at radius 1 is 1.03 bits per heavy atom. The van der Waals surface area contributed by atoms with Crippen molar-refractivity contribution in [2.75, 3.05) is 31.1 Å². The van der Waals surface area contributed by atoms with Crippen LogP contribution in [0.5, 0.6) is 0 Å². The number of fused-ring (bicyclic) bond motifs is 1. The fourth-order valence-electron chi connectivity index (χ4n) is 3.94. The van der Waals surface area contributed by atoms with Crippen LogP contribution in [-0.4, -0.2) is 61.5 Å². The summed E-state index contributed by atoms with van der Waals surface area (Å²) in [4.78, 5) is 34.2. The van der Waals surface area contributed by atoms with E-state index >= 15 is 0 Å². The maximum atomic E-state index is 13.0. The number of piperazine rings is 1. The molecule has 2 aromatic heterocycles. The molecule has 168 valence electrons. The van der Waals surface area contributed by atoms with Gasteiger partial charge in [-0.1, -0.05) is 41.1 Å². The van der Waals surface area contributed by atoms with Crippen LogP contribution in [0, 0.1) is 6.92 Å². The second-order valence-electron chi connectivity index (χ2n) is 7.99. The number of anilines is 1. The van der Waals surface area contributed by atoms with E-state index in [0.717, 1.165) is 24.3 Å². The van der Waals surface area contributed by atoms with Crippen LogP contribution in [0.25, 0.3) is 16.9 Å². The maximum Gasteiger partial charge on any atom is 0.284 e. The van der Waals surface area contributed by atoms with Gasteiger partial charge in [0.25, 0.3) is 5.56 Å². The van der Waals surface area contributed by atoms with Crippen molar-refractivity contribution in [3.05, 3.63) is 75.8 Å². The summed E-state index contributed by atoms with van der Waals surface area (Å²) >= 11 is 6.22. The second kappa shape index (κ2) is 8.67. The first-order chi connectivity index (χ1) is 16.0. The molecular weight excluding hydrogens is 442 g/mol. The molecule has 0 N–H and O–H groups in total. The summed E-state index contributed by atoms with van der Waals surface area (Å²) in [6.45, 7) is 4.51. The van der Waals surface area contributed by atoms with Gasteiger partial charge in [-0.05, 0) is 36.8 Å². The summed E-state index contributed by atoms with van der Waals surface area (Å²) in [5.74, 6) is -0.122. The zero-order chi connectivity index (χ0) is 22.9. The molecule has 9 nitrogen and oxygen atoms in total. The Balaban J connectivity index is 1.31. The summed E-state index contributed by atoms with van der Waals surface area (Å²) in [6, 6.07) is 15.6. The van der Waals surface area contributed by atoms with Crippen molar-refractivity contribution in [1.29, 1.82) is 0 Å². The van der Waals surface area contributed by atoms with E-state index in [1.807, 2.05) is 37.3 Å². The largest absolute Gasteiger partial charge is 0.368 e. The lowest BCUT2D eigenvalue weighted by atomic mass is 10.2. The van der Waals surface area contributed by atoms with Gasteiger partial charge in [0.1, 0.15) is 12.9 Å². The molecule has 0 spiro atoms. The molecule has 1 aliphatic heterocycles. The number of carbonyl (C=O) groups excluding carboxylic acids is 1. The molecule has 0 unspecified atom stereocenters. The highest BCUT2D eigenvalue weighted by atomic mass is 35.5. The molecule has 0 bridgehead atoms. The van der Waals surface area contributed by atoms with E-state index in [1.54, 1.807) is 11.0 Å². The third-order valence-electron chi connectivity index (χ3n) is 5.89. The Labute approximate surface area is 194 Å². The first-order valence-electron chi connectivity index (χ1n) is 10.7. The van der Waals surface area contributed by atoms with Crippen LogP contribution in [0.1, 0.15) is 5.56 Å². The highest BCUT2D eigenvalue weighted by Crippen LogP contribution is 2.20.